The van der Waals surface area contributed by atoms with Crippen molar-refractivity contribution in [2.45, 2.75) is 44.8 Å². The average Bonchev–Trinajstić information content (AvgIpc) is 2.42. The highest BCUT2D eigenvalue weighted by Crippen LogP contribution is 2.57. The summed E-state index contributed by atoms with van der Waals surface area (Å²) in [6.07, 6.45) is -10.0. The lowest BCUT2D eigenvalue weighted by molar-refractivity contribution is -0.268. The molecule has 0 heterocycles. The summed E-state index contributed by atoms with van der Waals surface area (Å²) in [5.74, 6) is 0. The van der Waals surface area contributed by atoms with Gasteiger partial charge >= 0.3 is 12.4 Å². The molecule has 0 N–H and O–H groups in total. The smallest absolute Gasteiger partial charge is 0.169 e. The fourth-order valence-electron chi connectivity index (χ4n) is 1.51. The predicted octanol–water partition coefficient (Wildman–Crippen LogP) is 6.42. The Kier molecular flexibility index (Phi) is 9.85. The third-order valence-electron chi connectivity index (χ3n) is 2.28. The fourth-order valence-corrected chi connectivity index (χ4v) is 2.34. The Bertz CT molecular complexity index is 355. The Balaban J connectivity index is 0. The summed E-state index contributed by atoms with van der Waals surface area (Å²) in [5, 5.41) is 0. The average molecular weight is 334 g/mol. The monoisotopic (exact) mass is 334 g/mol. The van der Waals surface area contributed by atoms with Crippen LogP contribution in [0.4, 0.5) is 26.3 Å². The molecule has 0 fully saturated rings. The van der Waals surface area contributed by atoms with Gasteiger partial charge in [-0.25, -0.2) is 0 Å². The van der Waals surface area contributed by atoms with Gasteiger partial charge in [0.15, 0.2) is 0 Å². The highest BCUT2D eigenvalue weighted by molar-refractivity contribution is 7.99. The van der Waals surface area contributed by atoms with Crippen molar-refractivity contribution in [1.82, 2.24) is 0 Å². The summed E-state index contributed by atoms with van der Waals surface area (Å²) >= 11 is -0.266. The van der Waals surface area contributed by atoms with E-state index in [1.54, 1.807) is 0 Å². The molecule has 1 rings (SSSR count). The molecule has 0 saturated heterocycles. The van der Waals surface area contributed by atoms with Crippen LogP contribution in [0.15, 0.2) is 30.3 Å². The second-order valence-electron chi connectivity index (χ2n) is 3.25. The van der Waals surface area contributed by atoms with E-state index in [-0.39, 0.29) is 11.8 Å². The largest absolute Gasteiger partial charge is 0.416 e. The molecule has 1 aromatic carbocycles. The zero-order valence-electron chi connectivity index (χ0n) is 12.6. The van der Waals surface area contributed by atoms with Crippen molar-refractivity contribution in [3.8, 4) is 0 Å². The van der Waals surface area contributed by atoms with E-state index < -0.39 is 22.7 Å². The van der Waals surface area contributed by atoms with Crippen LogP contribution in [0.5, 0.6) is 0 Å². The molecular weight excluding hydrogens is 314 g/mol. The minimum absolute atomic E-state index is 0.266. The van der Waals surface area contributed by atoms with E-state index >= 15 is 0 Å². The molecule has 0 spiro atoms. The molecule has 0 unspecified atom stereocenters. The van der Waals surface area contributed by atoms with E-state index in [1.165, 1.54) is 6.07 Å². The van der Waals surface area contributed by atoms with Crippen LogP contribution in [0.1, 0.15) is 33.3 Å². The molecule has 0 radical (unpaired) electrons. The molecule has 7 heteroatoms. The standard InChI is InChI=1S/C10H8F6S.2C2H6/c1-17-8(9(11,12)13,10(14,15)16)7-5-3-2-4-6-7;2*1-2/h2-6H,1H3;2*1-2H3. The Hall–Kier alpha value is -0.850. The number of halogens is 6. The summed E-state index contributed by atoms with van der Waals surface area (Å²) in [6.45, 7) is 8.00. The van der Waals surface area contributed by atoms with Gasteiger partial charge in [-0.2, -0.15) is 26.3 Å². The van der Waals surface area contributed by atoms with Crippen molar-refractivity contribution >= 4 is 11.8 Å². The number of alkyl halides is 6. The summed E-state index contributed by atoms with van der Waals surface area (Å²) in [7, 11) is 0. The van der Waals surface area contributed by atoms with Crippen molar-refractivity contribution in [3.63, 3.8) is 0 Å². The van der Waals surface area contributed by atoms with Gasteiger partial charge in [-0.05, 0) is 11.8 Å². The van der Waals surface area contributed by atoms with Crippen LogP contribution in [-0.4, -0.2) is 18.6 Å². The van der Waals surface area contributed by atoms with Crippen molar-refractivity contribution in [2.24, 2.45) is 0 Å². The van der Waals surface area contributed by atoms with Crippen molar-refractivity contribution in [3.05, 3.63) is 35.9 Å². The van der Waals surface area contributed by atoms with Crippen molar-refractivity contribution in [2.75, 3.05) is 6.26 Å². The first-order valence-corrected chi connectivity index (χ1v) is 7.63. The van der Waals surface area contributed by atoms with Crippen molar-refractivity contribution in [1.29, 1.82) is 0 Å². The van der Waals surface area contributed by atoms with Crippen LogP contribution in [0.3, 0.4) is 0 Å². The fraction of sp³-hybridized carbons (Fsp3) is 0.571. The van der Waals surface area contributed by atoms with Gasteiger partial charge in [0, 0.05) is 0 Å². The number of benzene rings is 1. The molecule has 124 valence electrons. The molecular formula is C14H20F6S. The second kappa shape index (κ2) is 9.23. The third kappa shape index (κ3) is 4.83. The minimum atomic E-state index is -5.41. The summed E-state index contributed by atoms with van der Waals surface area (Å²) in [4.78, 5) is 0. The Morgan fingerprint density at radius 1 is 0.714 bits per heavy atom. The third-order valence-corrected chi connectivity index (χ3v) is 3.60. The Morgan fingerprint density at radius 2 is 1.05 bits per heavy atom. The highest BCUT2D eigenvalue weighted by atomic mass is 32.2. The summed E-state index contributed by atoms with van der Waals surface area (Å²) in [5.41, 5.74) is -0.812. The molecule has 0 amide bonds. The SMILES string of the molecule is CC.CC.CSC(c1ccccc1)(C(F)(F)F)C(F)(F)F. The summed E-state index contributed by atoms with van der Waals surface area (Å²) < 4.78 is 73.0. The molecule has 0 aliphatic heterocycles. The van der Waals surface area contributed by atoms with Gasteiger partial charge in [0.25, 0.3) is 0 Å². The van der Waals surface area contributed by atoms with Crippen LogP contribution < -0.4 is 0 Å². The first-order valence-electron chi connectivity index (χ1n) is 6.41. The van der Waals surface area contributed by atoms with Gasteiger partial charge in [0.2, 0.25) is 4.75 Å². The van der Waals surface area contributed by atoms with Gasteiger partial charge in [0.05, 0.1) is 0 Å². The van der Waals surface area contributed by atoms with E-state index in [0.717, 1.165) is 30.5 Å². The minimum Gasteiger partial charge on any atom is -0.169 e. The zero-order chi connectivity index (χ0) is 17.3. The maximum Gasteiger partial charge on any atom is 0.416 e. The quantitative estimate of drug-likeness (QED) is 0.562. The van der Waals surface area contributed by atoms with Gasteiger partial charge in [0.1, 0.15) is 0 Å². The molecule has 1 aromatic rings. The van der Waals surface area contributed by atoms with Gasteiger partial charge < -0.3 is 0 Å². The zero-order valence-corrected chi connectivity index (χ0v) is 13.4. The molecule has 21 heavy (non-hydrogen) atoms. The molecule has 0 bridgehead atoms. The lowest BCUT2D eigenvalue weighted by Gasteiger charge is -2.36. The summed E-state index contributed by atoms with van der Waals surface area (Å²) in [6, 6.07) is 5.33. The van der Waals surface area contributed by atoms with Crippen LogP contribution in [0.25, 0.3) is 0 Å². The van der Waals surface area contributed by atoms with Crippen LogP contribution >= 0.6 is 11.8 Å². The van der Waals surface area contributed by atoms with Gasteiger partial charge in [-0.3, -0.25) is 0 Å². The van der Waals surface area contributed by atoms with E-state index in [0.29, 0.717) is 0 Å². The lowest BCUT2D eigenvalue weighted by Crippen LogP contribution is -2.51. The first kappa shape index (κ1) is 22.4. The van der Waals surface area contributed by atoms with E-state index in [1.807, 2.05) is 27.7 Å². The number of rotatable bonds is 2. The maximum absolute atomic E-state index is 12.8. The molecule has 0 saturated carbocycles. The van der Waals surface area contributed by atoms with Gasteiger partial charge in [-0.15, -0.1) is 11.8 Å². The van der Waals surface area contributed by atoms with Crippen LogP contribution in [-0.2, 0) is 4.75 Å². The number of hydrogen-bond acceptors (Lipinski definition) is 1. The number of hydrogen-bond donors (Lipinski definition) is 0. The molecule has 0 nitrogen and oxygen atoms in total. The van der Waals surface area contributed by atoms with Crippen LogP contribution in [0, 0.1) is 0 Å². The Labute approximate surface area is 125 Å². The van der Waals surface area contributed by atoms with Crippen LogP contribution in [0.2, 0.25) is 0 Å². The predicted molar refractivity (Wildman–Crippen MR) is 76.4 cm³/mol. The molecule has 0 aliphatic carbocycles. The topological polar surface area (TPSA) is 0 Å². The van der Waals surface area contributed by atoms with Crippen molar-refractivity contribution < 1.29 is 26.3 Å². The normalized spacial score (nSPS) is 11.8. The van der Waals surface area contributed by atoms with Gasteiger partial charge in [-0.1, -0.05) is 58.0 Å². The van der Waals surface area contributed by atoms with E-state index in [4.69, 9.17) is 0 Å². The second-order valence-corrected chi connectivity index (χ2v) is 4.27. The Morgan fingerprint density at radius 3 is 1.29 bits per heavy atom. The highest BCUT2D eigenvalue weighted by Gasteiger charge is 2.71. The number of thioether (sulfide) groups is 1. The van der Waals surface area contributed by atoms with E-state index in [9.17, 15) is 26.3 Å². The lowest BCUT2D eigenvalue weighted by atomic mass is 9.97. The first-order chi connectivity index (χ1) is 9.67. The molecule has 0 aromatic heterocycles. The molecule has 0 aliphatic rings. The molecule has 0 atom stereocenters. The maximum atomic E-state index is 12.8. The van der Waals surface area contributed by atoms with E-state index in [2.05, 4.69) is 0 Å².